The molecule has 0 saturated heterocycles. The molecular weight excluding hydrogens is 146 g/mol. The molecule has 0 aliphatic carbocycles. The van der Waals surface area contributed by atoms with Gasteiger partial charge in [0, 0.05) is 4.90 Å². The van der Waals surface area contributed by atoms with E-state index in [-0.39, 0.29) is 0 Å². The Morgan fingerprint density at radius 2 is 2.20 bits per heavy atom. The van der Waals surface area contributed by atoms with E-state index in [9.17, 15) is 5.21 Å². The van der Waals surface area contributed by atoms with E-state index >= 15 is 0 Å². The third-order valence-electron chi connectivity index (χ3n) is 1.47. The Labute approximate surface area is 63.6 Å². The maximum absolute atomic E-state index is 10.8. The molecule has 51 valence electrons. The molecule has 0 unspecified atom stereocenters. The Balaban J connectivity index is 2.42. The summed E-state index contributed by atoms with van der Waals surface area (Å²) in [5.74, 6) is 0. The minimum absolute atomic E-state index is 0.529. The van der Waals surface area contributed by atoms with Gasteiger partial charge in [-0.3, -0.25) is 0 Å². The van der Waals surface area contributed by atoms with Crippen molar-refractivity contribution in [2.24, 2.45) is 0 Å². The zero-order valence-corrected chi connectivity index (χ0v) is 6.10. The highest BCUT2D eigenvalue weighted by atomic mass is 32.2. The van der Waals surface area contributed by atoms with E-state index < -0.39 is 0 Å². The van der Waals surface area contributed by atoms with Gasteiger partial charge in [-0.05, 0) is 23.6 Å². The van der Waals surface area contributed by atoms with Gasteiger partial charge in [-0.25, -0.2) is 0 Å². The lowest BCUT2D eigenvalue weighted by Crippen LogP contribution is -1.98. The van der Waals surface area contributed by atoms with Gasteiger partial charge in [-0.15, -0.1) is 5.21 Å². The van der Waals surface area contributed by atoms with Gasteiger partial charge in [-0.1, -0.05) is 22.7 Å². The molecule has 0 fully saturated rings. The van der Waals surface area contributed by atoms with Crippen molar-refractivity contribution in [1.82, 2.24) is 4.47 Å². The molecule has 10 heavy (non-hydrogen) atoms. The standard InChI is InChI=1S/C7H6NOS/c9-8-5-6-3-1-2-4-7(6)10-8/h1-4H,5H2. The maximum atomic E-state index is 10.8. The van der Waals surface area contributed by atoms with E-state index in [2.05, 4.69) is 0 Å². The molecule has 1 aliphatic rings. The van der Waals surface area contributed by atoms with E-state index in [4.69, 9.17) is 0 Å². The first-order valence-electron chi connectivity index (χ1n) is 3.07. The zero-order chi connectivity index (χ0) is 6.97. The SMILES string of the molecule is [O]N1Cc2ccccc2S1. The summed E-state index contributed by atoms with van der Waals surface area (Å²) in [6.07, 6.45) is 0. The van der Waals surface area contributed by atoms with E-state index in [1.54, 1.807) is 0 Å². The Morgan fingerprint density at radius 3 is 3.00 bits per heavy atom. The Kier molecular flexibility index (Phi) is 1.41. The van der Waals surface area contributed by atoms with Gasteiger partial charge in [0.25, 0.3) is 0 Å². The molecular formula is C7H6NOS. The first kappa shape index (κ1) is 6.22. The second kappa shape index (κ2) is 2.27. The molecule has 1 aromatic rings. The number of fused-ring (bicyclic) bond motifs is 1. The highest BCUT2D eigenvalue weighted by Gasteiger charge is 2.17. The molecule has 0 saturated carbocycles. The molecule has 1 heterocycles. The molecule has 0 aromatic heterocycles. The predicted octanol–water partition coefficient (Wildman–Crippen LogP) is 1.85. The van der Waals surface area contributed by atoms with Crippen molar-refractivity contribution < 1.29 is 5.21 Å². The van der Waals surface area contributed by atoms with E-state index in [0.717, 1.165) is 14.9 Å². The fourth-order valence-electron chi connectivity index (χ4n) is 1.00. The van der Waals surface area contributed by atoms with Gasteiger partial charge in [0.1, 0.15) is 0 Å². The van der Waals surface area contributed by atoms with Crippen LogP contribution in [0.25, 0.3) is 0 Å². The molecule has 0 atom stereocenters. The second-order valence-corrected chi connectivity index (χ2v) is 3.22. The Bertz CT molecular complexity index is 226. The fraction of sp³-hybridized carbons (Fsp3) is 0.143. The summed E-state index contributed by atoms with van der Waals surface area (Å²) < 4.78 is 0.991. The van der Waals surface area contributed by atoms with Crippen molar-refractivity contribution in [1.29, 1.82) is 0 Å². The lowest BCUT2D eigenvalue weighted by Gasteiger charge is -1.94. The number of rotatable bonds is 0. The van der Waals surface area contributed by atoms with Crippen molar-refractivity contribution >= 4 is 11.9 Å². The van der Waals surface area contributed by atoms with Crippen LogP contribution in [0.1, 0.15) is 5.56 Å². The van der Waals surface area contributed by atoms with Crippen LogP contribution < -0.4 is 0 Å². The third-order valence-corrected chi connectivity index (χ3v) is 2.40. The highest BCUT2D eigenvalue weighted by Crippen LogP contribution is 2.33. The third kappa shape index (κ3) is 0.923. The summed E-state index contributed by atoms with van der Waals surface area (Å²) >= 11 is 1.27. The van der Waals surface area contributed by atoms with Gasteiger partial charge >= 0.3 is 0 Å². The summed E-state index contributed by atoms with van der Waals surface area (Å²) in [5, 5.41) is 10.8. The van der Waals surface area contributed by atoms with Gasteiger partial charge in [0.15, 0.2) is 0 Å². The molecule has 2 rings (SSSR count). The average molecular weight is 152 g/mol. The van der Waals surface area contributed by atoms with Crippen molar-refractivity contribution in [3.05, 3.63) is 29.8 Å². The number of hydroxylamine groups is 1. The van der Waals surface area contributed by atoms with Crippen LogP contribution in [0.5, 0.6) is 0 Å². The normalized spacial score (nSPS) is 17.3. The first-order valence-corrected chi connectivity index (χ1v) is 3.84. The second-order valence-electron chi connectivity index (χ2n) is 2.19. The van der Waals surface area contributed by atoms with E-state index in [1.165, 1.54) is 11.9 Å². The Morgan fingerprint density at radius 1 is 1.40 bits per heavy atom. The van der Waals surface area contributed by atoms with Gasteiger partial charge < -0.3 is 0 Å². The van der Waals surface area contributed by atoms with Crippen molar-refractivity contribution in [3.8, 4) is 0 Å². The highest BCUT2D eigenvalue weighted by molar-refractivity contribution is 7.97. The quantitative estimate of drug-likeness (QED) is 0.529. The minimum atomic E-state index is 0.529. The van der Waals surface area contributed by atoms with Crippen LogP contribution in [0.4, 0.5) is 0 Å². The van der Waals surface area contributed by atoms with Crippen LogP contribution in [-0.4, -0.2) is 4.47 Å². The molecule has 1 aromatic carbocycles. The lowest BCUT2D eigenvalue weighted by atomic mass is 10.2. The monoisotopic (exact) mass is 152 g/mol. The van der Waals surface area contributed by atoms with Crippen molar-refractivity contribution in [3.63, 3.8) is 0 Å². The summed E-state index contributed by atoms with van der Waals surface area (Å²) in [4.78, 5) is 1.09. The van der Waals surface area contributed by atoms with Crippen molar-refractivity contribution in [2.75, 3.05) is 0 Å². The maximum Gasteiger partial charge on any atom is 0.0653 e. The van der Waals surface area contributed by atoms with Gasteiger partial charge in [0.2, 0.25) is 0 Å². The molecule has 0 bridgehead atoms. The topological polar surface area (TPSA) is 23.1 Å². The molecule has 1 aliphatic heterocycles. The summed E-state index contributed by atoms with van der Waals surface area (Å²) in [6.45, 7) is 0.529. The zero-order valence-electron chi connectivity index (χ0n) is 5.28. The summed E-state index contributed by atoms with van der Waals surface area (Å²) in [6, 6.07) is 7.86. The van der Waals surface area contributed by atoms with Crippen LogP contribution in [0.15, 0.2) is 29.2 Å². The van der Waals surface area contributed by atoms with Crippen LogP contribution >= 0.6 is 11.9 Å². The van der Waals surface area contributed by atoms with Crippen LogP contribution in [0.2, 0.25) is 0 Å². The van der Waals surface area contributed by atoms with Gasteiger partial charge in [-0.2, -0.15) is 0 Å². The molecule has 0 amide bonds. The molecule has 1 radical (unpaired) electrons. The lowest BCUT2D eigenvalue weighted by molar-refractivity contribution is -0.0647. The summed E-state index contributed by atoms with van der Waals surface area (Å²) in [5.41, 5.74) is 1.14. The number of hydrogen-bond donors (Lipinski definition) is 0. The fourth-order valence-corrected chi connectivity index (χ4v) is 1.82. The largest absolute Gasteiger partial charge is 0.109 e. The molecule has 3 heteroatoms. The predicted molar refractivity (Wildman–Crippen MR) is 38.5 cm³/mol. The Hall–Kier alpha value is -0.510. The van der Waals surface area contributed by atoms with E-state index in [0.29, 0.717) is 6.54 Å². The van der Waals surface area contributed by atoms with Crippen molar-refractivity contribution in [2.45, 2.75) is 11.4 Å². The van der Waals surface area contributed by atoms with E-state index in [1.807, 2.05) is 24.3 Å². The first-order chi connectivity index (χ1) is 4.86. The molecule has 2 nitrogen and oxygen atoms in total. The number of benzene rings is 1. The van der Waals surface area contributed by atoms with Crippen LogP contribution in [-0.2, 0) is 11.8 Å². The number of hydrogen-bond acceptors (Lipinski definition) is 2. The number of nitrogens with zero attached hydrogens (tertiary/aromatic N) is 1. The van der Waals surface area contributed by atoms with Crippen LogP contribution in [0, 0.1) is 0 Å². The van der Waals surface area contributed by atoms with Gasteiger partial charge in [0.05, 0.1) is 6.54 Å². The molecule has 0 spiro atoms. The van der Waals surface area contributed by atoms with Crippen LogP contribution in [0.3, 0.4) is 0 Å². The average Bonchev–Trinajstić information content (AvgIpc) is 2.27. The molecule has 0 N–H and O–H groups in total. The minimum Gasteiger partial charge on any atom is -0.109 e. The summed E-state index contributed by atoms with van der Waals surface area (Å²) in [7, 11) is 0. The smallest absolute Gasteiger partial charge is 0.0653 e.